The summed E-state index contributed by atoms with van der Waals surface area (Å²) in [6.07, 6.45) is 0. The lowest BCUT2D eigenvalue weighted by Crippen LogP contribution is -2.14. The Morgan fingerprint density at radius 3 is 1.97 bits per heavy atom. The van der Waals surface area contributed by atoms with Gasteiger partial charge in [0.25, 0.3) is 36.3 Å². The molecule has 3 aromatic rings. The Balaban J connectivity index is 2.36. The van der Waals surface area contributed by atoms with Crippen molar-refractivity contribution in [3.63, 3.8) is 0 Å². The number of carbonyl (C=O) groups is 1. The second-order valence-corrected chi connectivity index (χ2v) is 11.0. The first-order valence-electron chi connectivity index (χ1n) is 8.82. The van der Waals surface area contributed by atoms with Crippen LogP contribution in [0.15, 0.2) is 57.2 Å². The van der Waals surface area contributed by atoms with Crippen LogP contribution >= 0.6 is 0 Å². The predicted molar refractivity (Wildman–Crippen MR) is 119 cm³/mol. The first-order chi connectivity index (χ1) is 15.5. The number of methoxy groups -OCH3 is 1. The smallest absolute Gasteiger partial charge is 0.295 e. The number of hydrogen-bond acceptors (Lipinski definition) is 9. The Labute approximate surface area is 193 Å². The number of nitrogens with one attached hydrogen (secondary N) is 1. The summed E-state index contributed by atoms with van der Waals surface area (Å²) in [6.45, 7) is 0. The Morgan fingerprint density at radius 1 is 0.853 bits per heavy atom. The Bertz CT molecular complexity index is 1660. The molecule has 0 unspecified atom stereocenters. The van der Waals surface area contributed by atoms with Gasteiger partial charge in [0.15, 0.2) is 0 Å². The van der Waals surface area contributed by atoms with Crippen molar-refractivity contribution in [1.29, 1.82) is 0 Å². The molecule has 0 aromatic heterocycles. The fourth-order valence-corrected chi connectivity index (χ4v) is 5.19. The van der Waals surface area contributed by atoms with Crippen molar-refractivity contribution in [3.8, 4) is 5.75 Å². The average molecular weight is 533 g/mol. The zero-order valence-corrected chi connectivity index (χ0v) is 19.4. The van der Waals surface area contributed by atoms with Crippen LogP contribution in [-0.4, -0.2) is 51.9 Å². The van der Waals surface area contributed by atoms with Gasteiger partial charge < -0.3 is 15.8 Å². The summed E-state index contributed by atoms with van der Waals surface area (Å²) < 4.78 is 105. The molecule has 0 spiro atoms. The second-order valence-electron chi connectivity index (χ2n) is 6.79. The summed E-state index contributed by atoms with van der Waals surface area (Å²) >= 11 is 0. The molecular formula is C18H16N2O11S3. The molecule has 13 nitrogen and oxygen atoms in total. The number of carbonyl (C=O) groups excluding carboxylic acids is 1. The summed E-state index contributed by atoms with van der Waals surface area (Å²) in [7, 11) is -14.1. The molecule has 0 atom stereocenters. The van der Waals surface area contributed by atoms with E-state index >= 15 is 0 Å². The number of rotatable bonds is 6. The van der Waals surface area contributed by atoms with E-state index in [2.05, 4.69) is 5.32 Å². The first-order valence-corrected chi connectivity index (χ1v) is 13.1. The van der Waals surface area contributed by atoms with Gasteiger partial charge in [-0.05, 0) is 42.5 Å². The predicted octanol–water partition coefficient (Wildman–Crippen LogP) is 1.42. The van der Waals surface area contributed by atoms with Crippen LogP contribution in [0.25, 0.3) is 10.8 Å². The molecule has 34 heavy (non-hydrogen) atoms. The summed E-state index contributed by atoms with van der Waals surface area (Å²) in [5, 5.41) is 0.938. The van der Waals surface area contributed by atoms with Crippen molar-refractivity contribution < 1.29 is 48.4 Å². The van der Waals surface area contributed by atoms with E-state index in [0.717, 1.165) is 12.1 Å². The Hall–Kier alpha value is -3.28. The van der Waals surface area contributed by atoms with Crippen molar-refractivity contribution in [2.75, 3.05) is 18.2 Å². The molecule has 0 fully saturated rings. The minimum Gasteiger partial charge on any atom is -0.495 e. The lowest BCUT2D eigenvalue weighted by Gasteiger charge is -2.15. The fourth-order valence-electron chi connectivity index (χ4n) is 3.15. The molecule has 3 rings (SSSR count). The molecule has 16 heteroatoms. The van der Waals surface area contributed by atoms with Crippen LogP contribution < -0.4 is 15.8 Å². The number of anilines is 2. The van der Waals surface area contributed by atoms with Crippen molar-refractivity contribution in [2.24, 2.45) is 0 Å². The number of nitrogens with two attached hydrogens (primary N) is 1. The Kier molecular flexibility index (Phi) is 6.33. The lowest BCUT2D eigenvalue weighted by atomic mass is 10.1. The minimum absolute atomic E-state index is 0.0201. The Morgan fingerprint density at radius 2 is 1.47 bits per heavy atom. The fraction of sp³-hybridized carbons (Fsp3) is 0.0556. The highest BCUT2D eigenvalue weighted by molar-refractivity contribution is 7.87. The van der Waals surface area contributed by atoms with Gasteiger partial charge in [0.05, 0.1) is 23.4 Å². The van der Waals surface area contributed by atoms with Crippen molar-refractivity contribution >= 4 is 58.4 Å². The van der Waals surface area contributed by atoms with Gasteiger partial charge in [-0.1, -0.05) is 0 Å². The molecule has 0 aliphatic rings. The SMILES string of the molecule is COc1ccc(C(=O)Nc2ccc(S(=O)(=O)O)c3cc(S(=O)(=O)O)cc(S(=O)(=O)O)c23)cc1N. The van der Waals surface area contributed by atoms with Crippen molar-refractivity contribution in [2.45, 2.75) is 14.7 Å². The maximum Gasteiger partial charge on any atom is 0.295 e. The van der Waals surface area contributed by atoms with E-state index in [4.69, 9.17) is 10.5 Å². The third kappa shape index (κ3) is 4.96. The molecule has 6 N–H and O–H groups in total. The van der Waals surface area contributed by atoms with Crippen LogP contribution in [0.2, 0.25) is 0 Å². The molecule has 0 aliphatic carbocycles. The van der Waals surface area contributed by atoms with Crippen LogP contribution in [0.1, 0.15) is 10.4 Å². The van der Waals surface area contributed by atoms with Crippen molar-refractivity contribution in [3.05, 3.63) is 48.0 Å². The van der Waals surface area contributed by atoms with E-state index in [1.807, 2.05) is 0 Å². The zero-order chi connectivity index (χ0) is 25.6. The third-order valence-corrected chi connectivity index (χ3v) is 7.23. The number of hydrogen-bond donors (Lipinski definition) is 5. The molecule has 0 heterocycles. The summed E-state index contributed by atoms with van der Waals surface area (Å²) in [4.78, 5) is 9.55. The normalized spacial score (nSPS) is 12.5. The number of nitrogen functional groups attached to an aromatic ring is 1. The number of ether oxygens (including phenoxy) is 1. The second kappa shape index (κ2) is 8.49. The van der Waals surface area contributed by atoms with Crippen LogP contribution in [0.4, 0.5) is 11.4 Å². The van der Waals surface area contributed by atoms with Crippen molar-refractivity contribution in [1.82, 2.24) is 0 Å². The zero-order valence-electron chi connectivity index (χ0n) is 17.0. The van der Waals surface area contributed by atoms with Gasteiger partial charge in [-0.25, -0.2) is 0 Å². The molecule has 0 radical (unpaired) electrons. The maximum atomic E-state index is 12.8. The molecule has 3 aromatic carbocycles. The molecule has 182 valence electrons. The quantitative estimate of drug-likeness (QED) is 0.224. The van der Waals surface area contributed by atoms with E-state index in [9.17, 15) is 43.7 Å². The van der Waals surface area contributed by atoms with E-state index in [-0.39, 0.29) is 22.7 Å². The van der Waals surface area contributed by atoms with Crippen LogP contribution in [0.3, 0.4) is 0 Å². The van der Waals surface area contributed by atoms with Gasteiger partial charge in [0, 0.05) is 16.3 Å². The van der Waals surface area contributed by atoms with Gasteiger partial charge in [-0.15, -0.1) is 0 Å². The first kappa shape index (κ1) is 25.3. The van der Waals surface area contributed by atoms with Gasteiger partial charge in [-0.3, -0.25) is 18.5 Å². The highest BCUT2D eigenvalue weighted by atomic mass is 32.2. The number of benzene rings is 3. The monoisotopic (exact) mass is 532 g/mol. The topological polar surface area (TPSA) is 227 Å². The van der Waals surface area contributed by atoms with Crippen LogP contribution in [-0.2, 0) is 30.4 Å². The number of fused-ring (bicyclic) bond motifs is 1. The minimum atomic E-state index is -5.25. The average Bonchev–Trinajstić information content (AvgIpc) is 2.70. The summed E-state index contributed by atoms with van der Waals surface area (Å²) in [6, 6.07) is 6.54. The highest BCUT2D eigenvalue weighted by Gasteiger charge is 2.27. The molecule has 1 amide bonds. The molecule has 0 aliphatic heterocycles. The third-order valence-electron chi connectivity index (χ3n) is 4.61. The van der Waals surface area contributed by atoms with Gasteiger partial charge in [-0.2, -0.15) is 25.3 Å². The van der Waals surface area contributed by atoms with E-state index < -0.39 is 61.7 Å². The molecule has 0 saturated heterocycles. The number of amides is 1. The maximum absolute atomic E-state index is 12.8. The van der Waals surface area contributed by atoms with Crippen LogP contribution in [0.5, 0.6) is 5.75 Å². The summed E-state index contributed by atoms with van der Waals surface area (Å²) in [5.74, 6) is -0.582. The standard InChI is InChI=1S/C18H16N2O11S3/c1-31-14-4-2-9(6-12(14)19)18(21)20-13-3-5-15(33(25,26)27)11-7-10(32(22,23)24)8-16(17(11)13)34(28,29)30/h2-8H,19H2,1H3,(H,20,21)(H,22,23,24)(H,25,26,27)(H,28,29,30). The lowest BCUT2D eigenvalue weighted by molar-refractivity contribution is 0.102. The van der Waals surface area contributed by atoms with Gasteiger partial charge in [0.1, 0.15) is 15.5 Å². The largest absolute Gasteiger partial charge is 0.495 e. The van der Waals surface area contributed by atoms with E-state index in [1.54, 1.807) is 0 Å². The van der Waals surface area contributed by atoms with Gasteiger partial charge in [0.2, 0.25) is 0 Å². The molecule has 0 bridgehead atoms. The summed E-state index contributed by atoms with van der Waals surface area (Å²) in [5.41, 5.74) is 5.46. The molecular weight excluding hydrogens is 516 g/mol. The van der Waals surface area contributed by atoms with E-state index in [0.29, 0.717) is 12.1 Å². The van der Waals surface area contributed by atoms with Gasteiger partial charge >= 0.3 is 0 Å². The molecule has 0 saturated carbocycles. The van der Waals surface area contributed by atoms with E-state index in [1.165, 1.54) is 25.3 Å². The highest BCUT2D eigenvalue weighted by Crippen LogP contribution is 2.37. The van der Waals surface area contributed by atoms with Crippen LogP contribution in [0, 0.1) is 0 Å².